The van der Waals surface area contributed by atoms with Crippen molar-refractivity contribution in [2.75, 3.05) is 0 Å². The van der Waals surface area contributed by atoms with Gasteiger partial charge in [0.05, 0.1) is 120 Å². The minimum Gasteiger partial charge on any atom is -0.507 e. The Bertz CT molecular complexity index is 4610. The van der Waals surface area contributed by atoms with Crippen LogP contribution in [0.5, 0.6) is 46.0 Å². The van der Waals surface area contributed by atoms with E-state index >= 15 is 0 Å². The summed E-state index contributed by atoms with van der Waals surface area (Å²) in [5, 5.41) is 121. The summed E-state index contributed by atoms with van der Waals surface area (Å²) < 4.78 is 45.0. The molecular weight excluding hydrogens is 1510 g/mol. The molecule has 16 atom stereocenters. The van der Waals surface area contributed by atoms with Gasteiger partial charge in [0, 0.05) is 94.4 Å². The zero-order valence-electron chi connectivity index (χ0n) is 62.6. The summed E-state index contributed by atoms with van der Waals surface area (Å²) in [5.41, 5.74) is 25.0. The highest BCUT2D eigenvalue weighted by Gasteiger charge is 2.43. The van der Waals surface area contributed by atoms with Crippen molar-refractivity contribution in [2.24, 2.45) is 22.9 Å². The summed E-state index contributed by atoms with van der Waals surface area (Å²) in [4.78, 5) is 102. The van der Waals surface area contributed by atoms with E-state index in [2.05, 4.69) is 0 Å². The lowest BCUT2D eigenvalue weighted by atomic mass is 9.82. The van der Waals surface area contributed by atoms with Crippen molar-refractivity contribution < 1.29 is 138 Å². The van der Waals surface area contributed by atoms with Gasteiger partial charge in [-0.25, -0.2) is 0 Å². The van der Waals surface area contributed by atoms with Crippen LogP contribution in [0.15, 0.2) is 121 Å². The Morgan fingerprint density at radius 2 is 0.457 bits per heavy atom. The molecule has 116 heavy (non-hydrogen) atoms. The number of aliphatic hydroxyl groups is 4. The topological polar surface area (TPSA) is 557 Å². The molecule has 8 aliphatic rings. The molecule has 4 saturated heterocycles. The number of nitrogens with two attached hydrogens (primary N) is 4. The van der Waals surface area contributed by atoms with Crippen LogP contribution in [0, 0.1) is 0 Å². The van der Waals surface area contributed by atoms with Gasteiger partial charge in [0.15, 0.2) is 48.3 Å². The number of rotatable bonds is 12. The van der Waals surface area contributed by atoms with Gasteiger partial charge < -0.3 is 122 Å². The van der Waals surface area contributed by atoms with E-state index < -0.39 is 144 Å². The fourth-order valence-electron chi connectivity index (χ4n) is 15.2. The van der Waals surface area contributed by atoms with Gasteiger partial charge in [0.1, 0.15) is 46.0 Å². The molecule has 608 valence electrons. The fraction of sp³-hybridized carbons (Fsp3) is 0.333. The average Bonchev–Trinajstić information content (AvgIpc) is 0.759. The molecule has 4 aliphatic heterocycles. The van der Waals surface area contributed by atoms with Gasteiger partial charge in [-0.3, -0.25) is 38.4 Å². The van der Waals surface area contributed by atoms with Gasteiger partial charge in [0.25, 0.3) is 0 Å². The van der Waals surface area contributed by atoms with Crippen LogP contribution in [-0.2, 0) is 64.3 Å². The third kappa shape index (κ3) is 16.2. The summed E-state index contributed by atoms with van der Waals surface area (Å²) in [5.74, 6) is -6.96. The van der Waals surface area contributed by atoms with Crippen LogP contribution in [0.2, 0.25) is 0 Å². The number of phenols is 8. The van der Waals surface area contributed by atoms with E-state index in [4.69, 9.17) is 60.8 Å². The van der Waals surface area contributed by atoms with E-state index in [1.54, 1.807) is 27.7 Å². The third-order valence-electron chi connectivity index (χ3n) is 21.4. The SMILES string of the molecule is CC1O[C@@H](OCc2cc(O)c3c(c2)C(=O)c2cccc(O)c2C3=O)C[C@@H](N)[C@H]1O.CC1O[C@@H](OCc2cc(O)c3c(c2)C(=O)c2cccc(O)c2C3=O)C[C@H](N)[C@H]1O.CC1O[C@H](OCc2cc(O)c3c(c2)C(=O)c2cccc(O)c2C3=O)C[C@@H](N)[C@H]1O.CC1O[C@H](OCc2cc(O)c3c(c2)C(=O)c2cccc(O)c2C3=O)C[C@H](N)[C@H]1O. The number of aromatic hydroxyl groups is 8. The summed E-state index contributed by atoms with van der Waals surface area (Å²) in [7, 11) is 0. The predicted molar refractivity (Wildman–Crippen MR) is 403 cm³/mol. The van der Waals surface area contributed by atoms with Crippen molar-refractivity contribution in [3.63, 3.8) is 0 Å². The van der Waals surface area contributed by atoms with Crippen LogP contribution in [0.3, 0.4) is 0 Å². The van der Waals surface area contributed by atoms with Crippen LogP contribution >= 0.6 is 0 Å². The van der Waals surface area contributed by atoms with Gasteiger partial charge in [-0.2, -0.15) is 0 Å². The molecule has 32 heteroatoms. The molecule has 4 fully saturated rings. The van der Waals surface area contributed by atoms with Crippen LogP contribution in [0.1, 0.15) is 203 Å². The van der Waals surface area contributed by atoms with Crippen LogP contribution in [-0.4, -0.2) is 206 Å². The maximum absolute atomic E-state index is 12.9. The molecule has 8 aromatic carbocycles. The molecule has 4 heterocycles. The van der Waals surface area contributed by atoms with Crippen molar-refractivity contribution >= 4 is 46.3 Å². The van der Waals surface area contributed by atoms with Crippen LogP contribution in [0.25, 0.3) is 0 Å². The number of ether oxygens (including phenoxy) is 8. The van der Waals surface area contributed by atoms with Crippen molar-refractivity contribution in [3.8, 4) is 46.0 Å². The van der Waals surface area contributed by atoms with Gasteiger partial charge in [-0.05, 0) is 123 Å². The number of hydrogen-bond acceptors (Lipinski definition) is 32. The van der Waals surface area contributed by atoms with Crippen molar-refractivity contribution in [2.45, 2.75) is 178 Å². The molecule has 8 aromatic rings. The Hall–Kier alpha value is -11.1. The first kappa shape index (κ1) is 82.8. The largest absolute Gasteiger partial charge is 0.507 e. The van der Waals surface area contributed by atoms with Gasteiger partial charge >= 0.3 is 0 Å². The Balaban J connectivity index is 0.000000135. The van der Waals surface area contributed by atoms with Crippen LogP contribution in [0.4, 0.5) is 0 Å². The van der Waals surface area contributed by atoms with Crippen molar-refractivity contribution in [1.82, 2.24) is 0 Å². The van der Waals surface area contributed by atoms with Gasteiger partial charge in [0.2, 0.25) is 23.1 Å². The molecule has 0 spiro atoms. The van der Waals surface area contributed by atoms with Crippen molar-refractivity contribution in [3.05, 3.63) is 233 Å². The number of hydrogen-bond donors (Lipinski definition) is 16. The Labute approximate surface area is 660 Å². The molecule has 4 unspecified atom stereocenters. The number of fused-ring (bicyclic) bond motifs is 8. The second-order valence-corrected chi connectivity index (χ2v) is 29.5. The number of benzene rings is 8. The Morgan fingerprint density at radius 3 is 0.638 bits per heavy atom. The van der Waals surface area contributed by atoms with E-state index in [0.29, 0.717) is 47.9 Å². The highest BCUT2D eigenvalue weighted by molar-refractivity contribution is 6.33. The van der Waals surface area contributed by atoms with E-state index in [1.807, 2.05) is 0 Å². The predicted octanol–water partition coefficient (Wildman–Crippen LogP) is 4.85. The molecule has 0 amide bonds. The molecule has 0 bridgehead atoms. The number of ketones is 8. The first-order chi connectivity index (χ1) is 55.1. The molecule has 0 aromatic heterocycles. The van der Waals surface area contributed by atoms with E-state index in [1.165, 1.54) is 121 Å². The maximum Gasteiger partial charge on any atom is 0.201 e. The smallest absolute Gasteiger partial charge is 0.201 e. The minimum atomic E-state index is -0.775. The summed E-state index contributed by atoms with van der Waals surface area (Å²) in [6.07, 6.45) is -6.41. The summed E-state index contributed by atoms with van der Waals surface area (Å²) >= 11 is 0. The van der Waals surface area contributed by atoms with E-state index in [-0.39, 0.29) is 161 Å². The van der Waals surface area contributed by atoms with E-state index in [0.717, 1.165) is 0 Å². The second kappa shape index (κ2) is 33.6. The molecule has 0 radical (unpaired) electrons. The molecule has 32 nitrogen and oxygen atoms in total. The lowest BCUT2D eigenvalue weighted by Gasteiger charge is -2.35. The molecule has 4 aliphatic carbocycles. The molecule has 0 saturated carbocycles. The third-order valence-corrected chi connectivity index (χ3v) is 21.4. The molecule has 16 rings (SSSR count). The van der Waals surface area contributed by atoms with Gasteiger partial charge in [-0.15, -0.1) is 0 Å². The standard InChI is InChI=1S/4C21H21NO7/c4*1-9-19(25)13(22)7-16(29-9)28-8-10-5-12-18(15(24)6-10)21(27)17-11(20(12)26)3-2-4-14(17)23/h4*2-6,9,13,16,19,23-25H,7-8,22H2,1H3/t9?,13-,16+,19+;9?,13-,16+,19-;9?,13-,16-,19+;9?,13-,16-,19-/m1010/s1. The lowest BCUT2D eigenvalue weighted by Crippen LogP contribution is -2.51. The number of aliphatic hydroxyl groups excluding tert-OH is 4. The average molecular weight is 1600 g/mol. The first-order valence-corrected chi connectivity index (χ1v) is 37.0. The zero-order valence-corrected chi connectivity index (χ0v) is 62.6. The Morgan fingerprint density at radius 1 is 0.276 bits per heavy atom. The monoisotopic (exact) mass is 1600 g/mol. The number of carbonyl (C=O) groups excluding carboxylic acids is 8. The number of phenolic OH excluding ortho intramolecular Hbond substituents is 8. The highest BCUT2D eigenvalue weighted by atomic mass is 16.7. The van der Waals surface area contributed by atoms with E-state index in [9.17, 15) is 99.6 Å². The zero-order chi connectivity index (χ0) is 83.5. The lowest BCUT2D eigenvalue weighted by molar-refractivity contribution is -0.226. The Kier molecular flexibility index (Phi) is 24.0. The van der Waals surface area contributed by atoms with Crippen molar-refractivity contribution in [1.29, 1.82) is 0 Å². The summed E-state index contributed by atoms with van der Waals surface area (Å²) in [6, 6.07) is 26.5. The first-order valence-electron chi connectivity index (χ1n) is 37.0. The fourth-order valence-corrected chi connectivity index (χ4v) is 15.2. The van der Waals surface area contributed by atoms with Gasteiger partial charge in [-0.1, -0.05) is 48.5 Å². The van der Waals surface area contributed by atoms with Crippen LogP contribution < -0.4 is 22.9 Å². The number of carbonyl (C=O) groups is 8. The minimum absolute atomic E-state index is 0.00933. The normalized spacial score (nSPS) is 26.2. The second-order valence-electron chi connectivity index (χ2n) is 29.5. The highest BCUT2D eigenvalue weighted by Crippen LogP contribution is 2.43. The molecule has 20 N–H and O–H groups in total. The quantitative estimate of drug-likeness (QED) is 0.0777. The summed E-state index contributed by atoms with van der Waals surface area (Å²) in [6.45, 7) is 6.82. The molecular formula is C84H84N4O28. The maximum atomic E-state index is 12.9.